The van der Waals surface area contributed by atoms with Gasteiger partial charge in [0.1, 0.15) is 0 Å². The van der Waals surface area contributed by atoms with Crippen molar-refractivity contribution in [3.8, 4) is 12.3 Å². The molecule has 19 heavy (non-hydrogen) atoms. The highest BCUT2D eigenvalue weighted by atomic mass is 16.5. The first kappa shape index (κ1) is 17.5. The van der Waals surface area contributed by atoms with Gasteiger partial charge in [0.15, 0.2) is 6.61 Å². The lowest BCUT2D eigenvalue weighted by atomic mass is 9.99. The number of terminal acetylenes is 1. The minimum Gasteiger partial charge on any atom is -0.449 e. The van der Waals surface area contributed by atoms with Crippen molar-refractivity contribution in [2.75, 3.05) is 6.61 Å². The highest BCUT2D eigenvalue weighted by Crippen LogP contribution is 2.13. The van der Waals surface area contributed by atoms with E-state index in [-0.39, 0.29) is 12.6 Å². The molecule has 0 radical (unpaired) electrons. The monoisotopic (exact) mass is 262 g/mol. The Morgan fingerprint density at radius 2 is 2.16 bits per heavy atom. The summed E-state index contributed by atoms with van der Waals surface area (Å²) in [5.74, 6) is 2.58. The lowest BCUT2D eigenvalue weighted by Crippen LogP contribution is -2.00. The summed E-state index contributed by atoms with van der Waals surface area (Å²) in [5, 5.41) is 0. The van der Waals surface area contributed by atoms with Crippen LogP contribution in [0.15, 0.2) is 23.8 Å². The number of carbonyl (C=O) groups is 1. The topological polar surface area (TPSA) is 26.3 Å². The largest absolute Gasteiger partial charge is 0.449 e. The highest BCUT2D eigenvalue weighted by molar-refractivity contribution is 5.83. The summed E-state index contributed by atoms with van der Waals surface area (Å²) in [5.41, 5.74) is 0.891. The van der Waals surface area contributed by atoms with Crippen molar-refractivity contribution in [1.82, 2.24) is 0 Å². The Labute approximate surface area is 117 Å². The maximum atomic E-state index is 11.3. The van der Waals surface area contributed by atoms with Crippen LogP contribution in [0.25, 0.3) is 0 Å². The molecule has 2 heteroatoms. The Kier molecular flexibility index (Phi) is 10.7. The van der Waals surface area contributed by atoms with Gasteiger partial charge in [-0.2, -0.15) is 0 Å². The Bertz CT molecular complexity index is 345. The van der Waals surface area contributed by atoms with Crippen LogP contribution < -0.4 is 0 Å². The summed E-state index contributed by atoms with van der Waals surface area (Å²) in [4.78, 5) is 11.3. The normalized spacial score (nSPS) is 13.3. The van der Waals surface area contributed by atoms with Crippen LogP contribution >= 0.6 is 0 Å². The lowest BCUT2D eigenvalue weighted by Gasteiger charge is -2.07. The standard InChI is InChI=1S/C17H26O2/c1-5-7-8-10-15(3)11-9-12-16(4)14-17(18)19-13-6-2/h2,9,12,14-15H,5,7-8,10-11,13H2,1,3-4H3/b12-9+,16-14+. The zero-order valence-electron chi connectivity index (χ0n) is 12.4. The van der Waals surface area contributed by atoms with Crippen molar-refractivity contribution >= 4 is 5.97 Å². The number of hydrogen-bond acceptors (Lipinski definition) is 2. The fraction of sp³-hybridized carbons (Fsp3) is 0.588. The van der Waals surface area contributed by atoms with E-state index in [0.717, 1.165) is 12.0 Å². The van der Waals surface area contributed by atoms with E-state index in [1.807, 2.05) is 13.0 Å². The summed E-state index contributed by atoms with van der Waals surface area (Å²) < 4.78 is 4.77. The number of rotatable bonds is 9. The number of allylic oxidation sites excluding steroid dienone is 3. The van der Waals surface area contributed by atoms with Crippen LogP contribution in [0.2, 0.25) is 0 Å². The van der Waals surface area contributed by atoms with Gasteiger partial charge in [-0.3, -0.25) is 0 Å². The van der Waals surface area contributed by atoms with Crippen LogP contribution in [0, 0.1) is 18.3 Å². The second kappa shape index (κ2) is 11.6. The molecular weight excluding hydrogens is 236 g/mol. The average molecular weight is 262 g/mol. The molecule has 0 spiro atoms. The van der Waals surface area contributed by atoms with Crippen molar-refractivity contribution in [1.29, 1.82) is 0 Å². The molecule has 0 saturated heterocycles. The number of ether oxygens (including phenoxy) is 1. The zero-order chi connectivity index (χ0) is 14.5. The van der Waals surface area contributed by atoms with Crippen LogP contribution in [0.3, 0.4) is 0 Å². The molecule has 0 aromatic heterocycles. The van der Waals surface area contributed by atoms with E-state index in [9.17, 15) is 4.79 Å². The fourth-order valence-electron chi connectivity index (χ4n) is 1.74. The zero-order valence-corrected chi connectivity index (χ0v) is 12.4. The number of esters is 1. The van der Waals surface area contributed by atoms with Crippen molar-refractivity contribution < 1.29 is 9.53 Å². The van der Waals surface area contributed by atoms with Crippen molar-refractivity contribution in [3.05, 3.63) is 23.8 Å². The molecule has 0 bridgehead atoms. The molecule has 0 aliphatic carbocycles. The molecular formula is C17H26O2. The van der Waals surface area contributed by atoms with Crippen molar-refractivity contribution in [3.63, 3.8) is 0 Å². The molecule has 0 rings (SSSR count). The Hall–Kier alpha value is -1.49. The van der Waals surface area contributed by atoms with Crippen molar-refractivity contribution in [2.45, 2.75) is 52.9 Å². The number of hydrogen-bond donors (Lipinski definition) is 0. The summed E-state index contributed by atoms with van der Waals surface area (Å²) in [6.07, 6.45) is 16.8. The molecule has 1 atom stereocenters. The molecule has 0 amide bonds. The maximum absolute atomic E-state index is 11.3. The van der Waals surface area contributed by atoms with Gasteiger partial charge in [-0.1, -0.05) is 57.6 Å². The van der Waals surface area contributed by atoms with Crippen LogP contribution in [0.5, 0.6) is 0 Å². The van der Waals surface area contributed by atoms with Gasteiger partial charge in [0.05, 0.1) is 0 Å². The van der Waals surface area contributed by atoms with E-state index in [1.165, 1.54) is 31.8 Å². The molecule has 0 aliphatic heterocycles. The van der Waals surface area contributed by atoms with Gasteiger partial charge >= 0.3 is 5.97 Å². The first-order chi connectivity index (χ1) is 9.10. The first-order valence-electron chi connectivity index (χ1n) is 7.05. The van der Waals surface area contributed by atoms with E-state index in [4.69, 9.17) is 11.2 Å². The van der Waals surface area contributed by atoms with Gasteiger partial charge in [-0.05, 0) is 24.8 Å². The van der Waals surface area contributed by atoms with Crippen LogP contribution in [0.1, 0.15) is 52.9 Å². The van der Waals surface area contributed by atoms with Crippen LogP contribution in [0.4, 0.5) is 0 Å². The molecule has 0 aromatic rings. The van der Waals surface area contributed by atoms with E-state index in [1.54, 1.807) is 0 Å². The molecule has 106 valence electrons. The highest BCUT2D eigenvalue weighted by Gasteiger charge is 1.99. The summed E-state index contributed by atoms with van der Waals surface area (Å²) in [6.45, 7) is 6.40. The third-order valence-corrected chi connectivity index (χ3v) is 2.86. The quantitative estimate of drug-likeness (QED) is 0.204. The second-order valence-electron chi connectivity index (χ2n) is 4.94. The van der Waals surface area contributed by atoms with E-state index >= 15 is 0 Å². The molecule has 0 aliphatic rings. The van der Waals surface area contributed by atoms with E-state index in [0.29, 0.717) is 5.92 Å². The van der Waals surface area contributed by atoms with Crippen LogP contribution in [-0.2, 0) is 9.53 Å². The Morgan fingerprint density at radius 1 is 1.42 bits per heavy atom. The number of unbranched alkanes of at least 4 members (excludes halogenated alkanes) is 2. The Balaban J connectivity index is 3.94. The SMILES string of the molecule is C#CCOC(=O)/C=C(C)/C=C/CC(C)CCCCC. The molecule has 0 fully saturated rings. The molecule has 2 nitrogen and oxygen atoms in total. The third kappa shape index (κ3) is 11.3. The summed E-state index contributed by atoms with van der Waals surface area (Å²) in [6, 6.07) is 0. The second-order valence-corrected chi connectivity index (χ2v) is 4.94. The van der Waals surface area contributed by atoms with E-state index in [2.05, 4.69) is 25.8 Å². The Morgan fingerprint density at radius 3 is 2.79 bits per heavy atom. The smallest absolute Gasteiger partial charge is 0.331 e. The van der Waals surface area contributed by atoms with Gasteiger partial charge in [-0.25, -0.2) is 4.79 Å². The lowest BCUT2D eigenvalue weighted by molar-refractivity contribution is -0.136. The van der Waals surface area contributed by atoms with Gasteiger partial charge in [-0.15, -0.1) is 6.42 Å². The molecule has 0 N–H and O–H groups in total. The predicted molar refractivity (Wildman–Crippen MR) is 80.6 cm³/mol. The summed E-state index contributed by atoms with van der Waals surface area (Å²) >= 11 is 0. The van der Waals surface area contributed by atoms with E-state index < -0.39 is 0 Å². The molecule has 0 aromatic carbocycles. The molecule has 0 heterocycles. The summed E-state index contributed by atoms with van der Waals surface area (Å²) in [7, 11) is 0. The predicted octanol–water partition coefficient (Wildman–Crippen LogP) is 4.27. The first-order valence-corrected chi connectivity index (χ1v) is 7.05. The van der Waals surface area contributed by atoms with Gasteiger partial charge < -0.3 is 4.74 Å². The third-order valence-electron chi connectivity index (χ3n) is 2.86. The average Bonchev–Trinajstić information content (AvgIpc) is 2.36. The number of carbonyl (C=O) groups excluding carboxylic acids is 1. The minimum atomic E-state index is -0.379. The fourth-order valence-corrected chi connectivity index (χ4v) is 1.74. The van der Waals surface area contributed by atoms with Gasteiger partial charge in [0, 0.05) is 6.08 Å². The minimum absolute atomic E-state index is 0.0286. The molecule has 0 saturated carbocycles. The molecule has 1 unspecified atom stereocenters. The maximum Gasteiger partial charge on any atom is 0.331 e. The van der Waals surface area contributed by atoms with Crippen LogP contribution in [-0.4, -0.2) is 12.6 Å². The van der Waals surface area contributed by atoms with Gasteiger partial charge in [0.2, 0.25) is 0 Å². The van der Waals surface area contributed by atoms with Gasteiger partial charge in [0.25, 0.3) is 0 Å². The van der Waals surface area contributed by atoms with Crippen molar-refractivity contribution in [2.24, 2.45) is 5.92 Å².